The molecule has 2 aromatic rings. The largest absolute Gasteiger partial charge is 0.439 e. The number of benzene rings is 1. The summed E-state index contributed by atoms with van der Waals surface area (Å²) in [7, 11) is 1.24. The standard InChI is InChI=1S/C12H8FN3O3/c1-16-11(17)9(6-14)10(15-12(16)18)19-8-4-2-7(13)3-5-8/h2-5H,1H3,(H,15,18). The van der Waals surface area contributed by atoms with E-state index in [2.05, 4.69) is 4.98 Å². The molecule has 1 N–H and O–H groups in total. The number of halogens is 1. The fourth-order valence-electron chi connectivity index (χ4n) is 1.40. The zero-order valence-corrected chi connectivity index (χ0v) is 9.81. The van der Waals surface area contributed by atoms with Gasteiger partial charge in [-0.15, -0.1) is 0 Å². The Hall–Kier alpha value is -2.88. The molecule has 0 bridgehead atoms. The molecule has 96 valence electrons. The lowest BCUT2D eigenvalue weighted by molar-refractivity contribution is 0.451. The highest BCUT2D eigenvalue weighted by Crippen LogP contribution is 2.19. The van der Waals surface area contributed by atoms with E-state index in [1.807, 2.05) is 0 Å². The lowest BCUT2D eigenvalue weighted by atomic mass is 10.3. The molecule has 0 amide bonds. The minimum absolute atomic E-state index is 0.196. The van der Waals surface area contributed by atoms with Crippen molar-refractivity contribution >= 4 is 0 Å². The van der Waals surface area contributed by atoms with E-state index in [0.717, 1.165) is 16.7 Å². The molecule has 7 heteroatoms. The first-order valence-corrected chi connectivity index (χ1v) is 5.19. The monoisotopic (exact) mass is 261 g/mol. The molecule has 0 saturated carbocycles. The van der Waals surface area contributed by atoms with E-state index in [1.54, 1.807) is 6.07 Å². The quantitative estimate of drug-likeness (QED) is 0.869. The van der Waals surface area contributed by atoms with Crippen LogP contribution in [0.15, 0.2) is 33.9 Å². The summed E-state index contributed by atoms with van der Waals surface area (Å²) >= 11 is 0. The van der Waals surface area contributed by atoms with Gasteiger partial charge in [-0.05, 0) is 24.3 Å². The minimum atomic E-state index is -0.761. The molecule has 1 aromatic heterocycles. The molecule has 0 fully saturated rings. The van der Waals surface area contributed by atoms with Crippen molar-refractivity contribution in [1.29, 1.82) is 5.26 Å². The minimum Gasteiger partial charge on any atom is -0.439 e. The van der Waals surface area contributed by atoms with Crippen LogP contribution in [-0.4, -0.2) is 9.55 Å². The van der Waals surface area contributed by atoms with Crippen molar-refractivity contribution in [3.8, 4) is 17.7 Å². The van der Waals surface area contributed by atoms with Crippen LogP contribution in [0.5, 0.6) is 11.6 Å². The third-order valence-electron chi connectivity index (χ3n) is 2.42. The number of nitriles is 1. The number of aromatic amines is 1. The number of H-pyrrole nitrogens is 1. The number of ether oxygens (including phenoxy) is 1. The first kappa shape index (κ1) is 12.6. The summed E-state index contributed by atoms with van der Waals surface area (Å²) in [6, 6.07) is 6.59. The van der Waals surface area contributed by atoms with Crippen molar-refractivity contribution in [2.45, 2.75) is 0 Å². The van der Waals surface area contributed by atoms with Gasteiger partial charge < -0.3 is 4.74 Å². The third-order valence-corrected chi connectivity index (χ3v) is 2.42. The van der Waals surface area contributed by atoms with Gasteiger partial charge >= 0.3 is 5.69 Å². The second-order valence-corrected chi connectivity index (χ2v) is 3.67. The molecule has 6 nitrogen and oxygen atoms in total. The summed E-state index contributed by atoms with van der Waals surface area (Å²) in [5.74, 6) is -0.519. The van der Waals surface area contributed by atoms with Crippen LogP contribution in [0.25, 0.3) is 0 Å². The highest BCUT2D eigenvalue weighted by Gasteiger charge is 2.13. The highest BCUT2D eigenvalue weighted by molar-refractivity contribution is 5.38. The molecule has 0 aliphatic heterocycles. The second-order valence-electron chi connectivity index (χ2n) is 3.67. The number of hydrogen-bond acceptors (Lipinski definition) is 4. The van der Waals surface area contributed by atoms with Crippen molar-refractivity contribution in [3.63, 3.8) is 0 Å². The van der Waals surface area contributed by atoms with Gasteiger partial charge in [0.25, 0.3) is 5.56 Å². The molecule has 0 unspecified atom stereocenters. The van der Waals surface area contributed by atoms with Crippen molar-refractivity contribution in [1.82, 2.24) is 9.55 Å². The summed E-state index contributed by atoms with van der Waals surface area (Å²) in [6.07, 6.45) is 0. The van der Waals surface area contributed by atoms with Crippen LogP contribution in [0.2, 0.25) is 0 Å². The fourth-order valence-corrected chi connectivity index (χ4v) is 1.40. The van der Waals surface area contributed by atoms with Crippen LogP contribution in [0.4, 0.5) is 4.39 Å². The molecular formula is C12H8FN3O3. The number of nitrogens with one attached hydrogen (secondary N) is 1. The van der Waals surface area contributed by atoms with Crippen LogP contribution < -0.4 is 16.0 Å². The maximum Gasteiger partial charge on any atom is 0.330 e. The van der Waals surface area contributed by atoms with Crippen LogP contribution in [0.3, 0.4) is 0 Å². The summed E-state index contributed by atoms with van der Waals surface area (Å²) in [5, 5.41) is 8.91. The zero-order valence-electron chi connectivity index (χ0n) is 9.81. The van der Waals surface area contributed by atoms with Crippen molar-refractivity contribution in [3.05, 3.63) is 56.5 Å². The molecule has 2 rings (SSSR count). The SMILES string of the molecule is Cn1c(=O)[nH]c(Oc2ccc(F)cc2)c(C#N)c1=O. The molecular weight excluding hydrogens is 253 g/mol. The van der Waals surface area contributed by atoms with Gasteiger partial charge in [-0.25, -0.2) is 9.18 Å². The average molecular weight is 261 g/mol. The Balaban J connectivity index is 2.52. The van der Waals surface area contributed by atoms with Crippen molar-refractivity contribution in [2.24, 2.45) is 7.05 Å². The zero-order chi connectivity index (χ0) is 14.0. The second kappa shape index (κ2) is 4.78. The topological polar surface area (TPSA) is 87.9 Å². The smallest absolute Gasteiger partial charge is 0.330 e. The third kappa shape index (κ3) is 2.37. The number of nitrogens with zero attached hydrogens (tertiary/aromatic N) is 2. The summed E-state index contributed by atoms with van der Waals surface area (Å²) in [6.45, 7) is 0. The lowest BCUT2D eigenvalue weighted by Crippen LogP contribution is -2.34. The first-order valence-electron chi connectivity index (χ1n) is 5.19. The van der Waals surface area contributed by atoms with Crippen LogP contribution >= 0.6 is 0 Å². The van der Waals surface area contributed by atoms with Gasteiger partial charge in [0.2, 0.25) is 5.88 Å². The molecule has 1 heterocycles. The van der Waals surface area contributed by atoms with Crippen LogP contribution in [-0.2, 0) is 7.05 Å². The summed E-state index contributed by atoms with van der Waals surface area (Å²) in [5.41, 5.74) is -1.80. The van der Waals surface area contributed by atoms with E-state index in [9.17, 15) is 14.0 Å². The van der Waals surface area contributed by atoms with Gasteiger partial charge in [0, 0.05) is 7.05 Å². The predicted molar refractivity (Wildman–Crippen MR) is 63.5 cm³/mol. The van der Waals surface area contributed by atoms with E-state index in [4.69, 9.17) is 10.00 Å². The van der Waals surface area contributed by atoms with Gasteiger partial charge in [-0.1, -0.05) is 0 Å². The molecule has 0 spiro atoms. The Labute approximate surface area is 106 Å². The molecule has 19 heavy (non-hydrogen) atoms. The van der Waals surface area contributed by atoms with Gasteiger partial charge in [0.05, 0.1) is 0 Å². The number of rotatable bonds is 2. The molecule has 0 saturated heterocycles. The van der Waals surface area contributed by atoms with Gasteiger partial charge in [-0.3, -0.25) is 14.3 Å². The Morgan fingerprint density at radius 3 is 2.53 bits per heavy atom. The van der Waals surface area contributed by atoms with Crippen molar-refractivity contribution < 1.29 is 9.13 Å². The lowest BCUT2D eigenvalue weighted by Gasteiger charge is -2.07. The van der Waals surface area contributed by atoms with Gasteiger partial charge in [-0.2, -0.15) is 5.26 Å². The Bertz CT molecular complexity index is 769. The summed E-state index contributed by atoms with van der Waals surface area (Å²) < 4.78 is 18.7. The molecule has 0 aliphatic carbocycles. The van der Waals surface area contributed by atoms with E-state index < -0.39 is 17.1 Å². The van der Waals surface area contributed by atoms with E-state index in [-0.39, 0.29) is 17.2 Å². The van der Waals surface area contributed by atoms with E-state index in [1.165, 1.54) is 19.2 Å². The van der Waals surface area contributed by atoms with Gasteiger partial charge in [0.15, 0.2) is 5.56 Å². The van der Waals surface area contributed by atoms with Crippen LogP contribution in [0, 0.1) is 17.1 Å². The predicted octanol–water partition coefficient (Wildman–Crippen LogP) is 0.877. The van der Waals surface area contributed by atoms with E-state index in [0.29, 0.717) is 0 Å². The van der Waals surface area contributed by atoms with E-state index >= 15 is 0 Å². The maximum absolute atomic E-state index is 12.7. The van der Waals surface area contributed by atoms with Crippen molar-refractivity contribution in [2.75, 3.05) is 0 Å². The number of hydrogen-bond donors (Lipinski definition) is 1. The Kier molecular flexibility index (Phi) is 3.16. The molecule has 0 atom stereocenters. The molecule has 0 aliphatic rings. The summed E-state index contributed by atoms with van der Waals surface area (Å²) in [4.78, 5) is 25.4. The average Bonchev–Trinajstić information content (AvgIpc) is 2.39. The van der Waals surface area contributed by atoms with Gasteiger partial charge in [0.1, 0.15) is 17.6 Å². The first-order chi connectivity index (χ1) is 9.02. The molecule has 1 aromatic carbocycles. The number of aromatic nitrogens is 2. The maximum atomic E-state index is 12.7. The fraction of sp³-hybridized carbons (Fsp3) is 0.0833. The normalized spacial score (nSPS) is 9.95. The molecule has 0 radical (unpaired) electrons. The Morgan fingerprint density at radius 2 is 1.95 bits per heavy atom. The highest BCUT2D eigenvalue weighted by atomic mass is 19.1. The Morgan fingerprint density at radius 1 is 1.32 bits per heavy atom. The van der Waals surface area contributed by atoms with Crippen LogP contribution in [0.1, 0.15) is 5.56 Å².